The summed E-state index contributed by atoms with van der Waals surface area (Å²) in [6, 6.07) is 2.59. The Morgan fingerprint density at radius 2 is 2.15 bits per heavy atom. The van der Waals surface area contributed by atoms with E-state index in [4.69, 9.17) is 16.3 Å². The van der Waals surface area contributed by atoms with E-state index >= 15 is 0 Å². The van der Waals surface area contributed by atoms with Gasteiger partial charge < -0.3 is 25.9 Å². The molecule has 0 radical (unpaired) electrons. The second-order valence-corrected chi connectivity index (χ2v) is 5.40. The number of hydrogen-bond donors (Lipinski definition) is 4. The van der Waals surface area contributed by atoms with Crippen molar-refractivity contribution in [3.05, 3.63) is 41.2 Å². The van der Waals surface area contributed by atoms with Crippen LogP contribution in [0.5, 0.6) is 11.6 Å². The molecule has 2 aromatic heterocycles. The lowest BCUT2D eigenvalue weighted by atomic mass is 10.2. The lowest BCUT2D eigenvalue weighted by Gasteiger charge is -2.20. The van der Waals surface area contributed by atoms with Crippen molar-refractivity contribution >= 4 is 11.6 Å². The molecule has 0 aromatic carbocycles. The lowest BCUT2D eigenvalue weighted by molar-refractivity contribution is 0.326. The number of rotatable bonds is 7. The van der Waals surface area contributed by atoms with Crippen LogP contribution < -0.4 is 21.6 Å². The molecule has 0 aliphatic carbocycles. The minimum absolute atomic E-state index is 0.0315. The highest BCUT2D eigenvalue weighted by atomic mass is 19.1. The average Bonchev–Trinajstić information content (AvgIpc) is 2.58. The number of hydrogen-bond acceptors (Lipinski definition) is 9. The summed E-state index contributed by atoms with van der Waals surface area (Å²) in [7, 11) is 1.56. The van der Waals surface area contributed by atoms with Gasteiger partial charge in [-0.15, -0.1) is 0 Å². The van der Waals surface area contributed by atoms with Gasteiger partial charge in [-0.1, -0.05) is 0 Å². The van der Waals surface area contributed by atoms with Crippen molar-refractivity contribution in [2.75, 3.05) is 25.5 Å². The zero-order valence-electron chi connectivity index (χ0n) is 14.8. The summed E-state index contributed by atoms with van der Waals surface area (Å²) >= 11 is 0. The number of pyridine rings is 1. The fourth-order valence-electron chi connectivity index (χ4n) is 2.13. The molecule has 140 valence electrons. The van der Waals surface area contributed by atoms with E-state index in [1.54, 1.807) is 26.2 Å². The van der Waals surface area contributed by atoms with Gasteiger partial charge in [0.05, 0.1) is 30.2 Å². The summed E-state index contributed by atoms with van der Waals surface area (Å²) in [5.41, 5.74) is 6.62. The van der Waals surface area contributed by atoms with Gasteiger partial charge in [0.15, 0.2) is 5.82 Å². The monoisotopic (exact) mass is 363 g/mol. The van der Waals surface area contributed by atoms with Crippen LogP contribution in [0.2, 0.25) is 0 Å². The SMILES string of the molecule is CCOc1ccnc(NC/C(=C(/N)c2nc(C)c(O)cc2F)N(C)N)n1. The first kappa shape index (κ1) is 19.2. The van der Waals surface area contributed by atoms with Gasteiger partial charge in [0.2, 0.25) is 11.8 Å². The number of aromatic nitrogens is 3. The van der Waals surface area contributed by atoms with Crippen molar-refractivity contribution in [2.45, 2.75) is 13.8 Å². The molecule has 0 unspecified atom stereocenters. The molecule has 6 N–H and O–H groups in total. The minimum Gasteiger partial charge on any atom is -0.506 e. The second kappa shape index (κ2) is 8.30. The molecule has 2 heterocycles. The zero-order chi connectivity index (χ0) is 19.3. The largest absolute Gasteiger partial charge is 0.506 e. The van der Waals surface area contributed by atoms with Gasteiger partial charge >= 0.3 is 0 Å². The van der Waals surface area contributed by atoms with E-state index in [0.29, 0.717) is 24.1 Å². The number of aromatic hydroxyl groups is 1. The Labute approximate surface area is 150 Å². The Hall–Kier alpha value is -3.14. The first-order chi connectivity index (χ1) is 12.3. The van der Waals surface area contributed by atoms with Crippen molar-refractivity contribution < 1.29 is 14.2 Å². The number of nitrogens with two attached hydrogens (primary N) is 2. The van der Waals surface area contributed by atoms with Crippen LogP contribution in [-0.2, 0) is 0 Å². The van der Waals surface area contributed by atoms with E-state index < -0.39 is 5.82 Å². The molecule has 0 fully saturated rings. The molecule has 2 rings (SSSR count). The number of hydrazine groups is 1. The Kier molecular flexibility index (Phi) is 6.12. The predicted octanol–water partition coefficient (Wildman–Crippen LogP) is 0.968. The molecule has 10 heteroatoms. The number of nitrogens with zero attached hydrogens (tertiary/aromatic N) is 4. The van der Waals surface area contributed by atoms with E-state index in [1.807, 2.05) is 6.92 Å². The van der Waals surface area contributed by atoms with E-state index in [9.17, 15) is 9.50 Å². The number of ether oxygens (including phenoxy) is 1. The first-order valence-corrected chi connectivity index (χ1v) is 7.86. The third-order valence-electron chi connectivity index (χ3n) is 3.47. The Morgan fingerprint density at radius 3 is 2.81 bits per heavy atom. The maximum Gasteiger partial charge on any atom is 0.226 e. The molecule has 9 nitrogen and oxygen atoms in total. The molecule has 2 aromatic rings. The molecule has 0 aliphatic rings. The van der Waals surface area contributed by atoms with Crippen LogP contribution in [0.15, 0.2) is 24.0 Å². The fourth-order valence-corrected chi connectivity index (χ4v) is 2.13. The van der Waals surface area contributed by atoms with Crippen LogP contribution in [0.4, 0.5) is 10.3 Å². The van der Waals surface area contributed by atoms with Gasteiger partial charge in [-0.25, -0.2) is 20.2 Å². The van der Waals surface area contributed by atoms with E-state index in [2.05, 4.69) is 20.3 Å². The number of nitrogens with one attached hydrogen (secondary N) is 1. The molecule has 0 saturated carbocycles. The van der Waals surface area contributed by atoms with Gasteiger partial charge in [-0.3, -0.25) is 0 Å². The van der Waals surface area contributed by atoms with E-state index in [0.717, 1.165) is 6.07 Å². The summed E-state index contributed by atoms with van der Waals surface area (Å²) in [5, 5.41) is 13.7. The Balaban J connectivity index is 2.29. The Bertz CT molecular complexity index is 811. The van der Waals surface area contributed by atoms with Crippen molar-refractivity contribution in [1.29, 1.82) is 0 Å². The standard InChI is InChI=1S/C16H22FN7O2/c1-4-26-13-5-6-20-16(23-13)21-8-11(24(3)19)14(18)15-10(17)7-12(25)9(2)22-15/h5-7,25H,4,8,18-19H2,1-3H3,(H,20,21,23)/b14-11-. The number of halogens is 1. The summed E-state index contributed by atoms with van der Waals surface area (Å²) in [6.45, 7) is 3.99. The van der Waals surface area contributed by atoms with Crippen LogP contribution in [0.1, 0.15) is 18.3 Å². The maximum atomic E-state index is 14.1. The predicted molar refractivity (Wildman–Crippen MR) is 95.3 cm³/mol. The third-order valence-corrected chi connectivity index (χ3v) is 3.47. The van der Waals surface area contributed by atoms with Crippen molar-refractivity contribution in [1.82, 2.24) is 20.0 Å². The van der Waals surface area contributed by atoms with Gasteiger partial charge in [0.25, 0.3) is 0 Å². The molecule has 0 spiro atoms. The second-order valence-electron chi connectivity index (χ2n) is 5.40. The smallest absolute Gasteiger partial charge is 0.226 e. The van der Waals surface area contributed by atoms with Crippen molar-refractivity contribution in [2.24, 2.45) is 11.6 Å². The quantitative estimate of drug-likeness (QED) is 0.419. The van der Waals surface area contributed by atoms with Gasteiger partial charge in [-0.2, -0.15) is 4.98 Å². The molecule has 0 bridgehead atoms. The highest BCUT2D eigenvalue weighted by Crippen LogP contribution is 2.22. The van der Waals surface area contributed by atoms with E-state index in [1.165, 1.54) is 5.01 Å². The molecular formula is C16H22FN7O2. The summed E-state index contributed by atoms with van der Waals surface area (Å²) in [4.78, 5) is 12.3. The van der Waals surface area contributed by atoms with Gasteiger partial charge in [0, 0.05) is 25.4 Å². The van der Waals surface area contributed by atoms with Crippen LogP contribution in [-0.4, -0.2) is 45.3 Å². The molecular weight excluding hydrogens is 341 g/mol. The summed E-state index contributed by atoms with van der Waals surface area (Å²) < 4.78 is 19.5. The average molecular weight is 363 g/mol. The van der Waals surface area contributed by atoms with Crippen LogP contribution in [0.25, 0.3) is 5.70 Å². The summed E-state index contributed by atoms with van der Waals surface area (Å²) in [5.74, 6) is 5.55. The van der Waals surface area contributed by atoms with Gasteiger partial charge in [0.1, 0.15) is 11.4 Å². The fraction of sp³-hybridized carbons (Fsp3) is 0.312. The van der Waals surface area contributed by atoms with Crippen LogP contribution >= 0.6 is 0 Å². The zero-order valence-corrected chi connectivity index (χ0v) is 14.8. The normalized spacial score (nSPS) is 11.7. The highest BCUT2D eigenvalue weighted by Gasteiger charge is 2.17. The van der Waals surface area contributed by atoms with Crippen molar-refractivity contribution in [3.8, 4) is 11.6 Å². The topological polar surface area (TPSA) is 135 Å². The summed E-state index contributed by atoms with van der Waals surface area (Å²) in [6.07, 6.45) is 1.55. The molecule has 0 atom stereocenters. The number of likely N-dealkylation sites (N-methyl/N-ethyl adjacent to an activating group) is 1. The maximum absolute atomic E-state index is 14.1. The van der Waals surface area contributed by atoms with E-state index in [-0.39, 0.29) is 29.4 Å². The Morgan fingerprint density at radius 1 is 1.42 bits per heavy atom. The number of aryl methyl sites for hydroxylation is 1. The molecule has 0 aliphatic heterocycles. The number of anilines is 1. The third kappa shape index (κ3) is 4.48. The van der Waals surface area contributed by atoms with Crippen LogP contribution in [0.3, 0.4) is 0 Å². The highest BCUT2D eigenvalue weighted by molar-refractivity contribution is 5.64. The molecule has 0 saturated heterocycles. The molecule has 26 heavy (non-hydrogen) atoms. The molecule has 0 amide bonds. The first-order valence-electron chi connectivity index (χ1n) is 7.86. The lowest BCUT2D eigenvalue weighted by Crippen LogP contribution is -2.32. The van der Waals surface area contributed by atoms with Crippen LogP contribution in [0, 0.1) is 12.7 Å². The van der Waals surface area contributed by atoms with Gasteiger partial charge in [-0.05, 0) is 13.8 Å². The minimum atomic E-state index is -0.750. The van der Waals surface area contributed by atoms with Crippen molar-refractivity contribution in [3.63, 3.8) is 0 Å².